The van der Waals surface area contributed by atoms with E-state index in [4.69, 9.17) is 0 Å². The molecule has 39 heavy (non-hydrogen) atoms. The van der Waals surface area contributed by atoms with E-state index < -0.39 is 28.0 Å². The molecule has 0 rings (SSSR count). The van der Waals surface area contributed by atoms with Crippen molar-refractivity contribution in [3.05, 3.63) is 0 Å². The predicted molar refractivity (Wildman–Crippen MR) is 166 cm³/mol. The maximum atomic E-state index is 12.4. The molecule has 0 fully saturated rings. The first-order valence-electron chi connectivity index (χ1n) is 16.4. The molecule has 0 aromatic carbocycles. The fraction of sp³-hybridized carbons (Fsp3) is 0.969. The number of hydrogen-bond donors (Lipinski definition) is 3. The highest BCUT2D eigenvalue weighted by Gasteiger charge is 2.26. The van der Waals surface area contributed by atoms with E-state index in [0.717, 1.165) is 50.4 Å². The van der Waals surface area contributed by atoms with Crippen LogP contribution < -0.4 is 5.32 Å². The van der Waals surface area contributed by atoms with Crippen LogP contribution in [0, 0.1) is 11.8 Å². The zero-order valence-electron chi connectivity index (χ0n) is 26.1. The monoisotopic (exact) mass is 575 g/mol. The molecule has 0 spiro atoms. The Hall–Kier alpha value is -0.660. The molecule has 1 unspecified atom stereocenters. The lowest BCUT2D eigenvalue weighted by atomic mass is 10.0. The van der Waals surface area contributed by atoms with Gasteiger partial charge in [-0.25, -0.2) is 0 Å². The Balaban J connectivity index is 3.98. The van der Waals surface area contributed by atoms with Gasteiger partial charge < -0.3 is 10.4 Å². The van der Waals surface area contributed by atoms with Gasteiger partial charge in [0.05, 0.1) is 17.9 Å². The fourth-order valence-electron chi connectivity index (χ4n) is 5.18. The molecule has 0 saturated carbocycles. The van der Waals surface area contributed by atoms with Crippen molar-refractivity contribution in [1.29, 1.82) is 0 Å². The van der Waals surface area contributed by atoms with Gasteiger partial charge in [0.1, 0.15) is 0 Å². The number of hydrogen-bond acceptors (Lipinski definition) is 4. The number of unbranched alkanes of at least 4 members (excludes halogenated alkanes) is 16. The highest BCUT2D eigenvalue weighted by Crippen LogP contribution is 2.16. The molecule has 0 radical (unpaired) electrons. The molecule has 0 aliphatic rings. The van der Waals surface area contributed by atoms with Crippen LogP contribution in [0.4, 0.5) is 0 Å². The van der Waals surface area contributed by atoms with E-state index in [2.05, 4.69) is 33.0 Å². The standard InChI is InChI=1S/C32H65NO5S/c1-28(2)23-19-15-11-7-5-9-13-17-21-25-31(34)30(27-39(36,37)38)33-32(35)26-22-18-14-10-6-8-12-16-20-24-29(3)4/h28-31,34H,5-27H2,1-4H3,(H,33,35)(H,36,37,38)/t30?,31-/m1/s1. The summed E-state index contributed by atoms with van der Waals surface area (Å²) in [6.07, 6.45) is 23.5. The normalized spacial score (nSPS) is 13.7. The SMILES string of the molecule is CC(C)CCCCCCCCCCCC(=O)NC(CS(=O)(=O)O)[C@H](O)CCCCCCCCCCCC(C)C. The minimum atomic E-state index is -4.29. The van der Waals surface area contributed by atoms with Crippen molar-refractivity contribution in [2.75, 3.05) is 5.75 Å². The van der Waals surface area contributed by atoms with E-state index in [0.29, 0.717) is 12.8 Å². The Kier molecular flexibility index (Phi) is 24.7. The predicted octanol–water partition coefficient (Wildman–Crippen LogP) is 8.61. The Morgan fingerprint density at radius 2 is 0.923 bits per heavy atom. The minimum Gasteiger partial charge on any atom is -0.391 e. The third-order valence-corrected chi connectivity index (χ3v) is 8.45. The molecule has 1 amide bonds. The third-order valence-electron chi connectivity index (χ3n) is 7.67. The van der Waals surface area contributed by atoms with E-state index in [-0.39, 0.29) is 5.91 Å². The summed E-state index contributed by atoms with van der Waals surface area (Å²) in [6, 6.07) is -0.964. The maximum absolute atomic E-state index is 12.4. The highest BCUT2D eigenvalue weighted by molar-refractivity contribution is 7.85. The molecule has 0 aromatic heterocycles. The van der Waals surface area contributed by atoms with Crippen molar-refractivity contribution in [1.82, 2.24) is 5.32 Å². The summed E-state index contributed by atoms with van der Waals surface area (Å²) in [4.78, 5) is 12.4. The number of nitrogens with one attached hydrogen (secondary N) is 1. The van der Waals surface area contributed by atoms with Crippen LogP contribution in [0.3, 0.4) is 0 Å². The number of carbonyl (C=O) groups excluding carboxylic acids is 1. The van der Waals surface area contributed by atoms with Crippen molar-refractivity contribution >= 4 is 16.0 Å². The number of aliphatic hydroxyl groups is 1. The molecule has 0 heterocycles. The van der Waals surface area contributed by atoms with Crippen molar-refractivity contribution in [2.24, 2.45) is 11.8 Å². The quantitative estimate of drug-likeness (QED) is 0.0640. The molecular formula is C32H65NO5S. The van der Waals surface area contributed by atoms with Crippen LogP contribution in [0.1, 0.15) is 169 Å². The summed E-state index contributed by atoms with van der Waals surface area (Å²) in [5, 5.41) is 13.2. The lowest BCUT2D eigenvalue weighted by molar-refractivity contribution is -0.122. The number of amides is 1. The molecule has 234 valence electrons. The van der Waals surface area contributed by atoms with E-state index in [1.54, 1.807) is 0 Å². The molecule has 0 aliphatic heterocycles. The summed E-state index contributed by atoms with van der Waals surface area (Å²) >= 11 is 0. The molecule has 6 nitrogen and oxygen atoms in total. The average Bonchev–Trinajstić information content (AvgIpc) is 2.84. The first kappa shape index (κ1) is 38.3. The fourth-order valence-corrected chi connectivity index (χ4v) is 5.93. The molecule has 0 bridgehead atoms. The summed E-state index contributed by atoms with van der Waals surface area (Å²) in [7, 11) is -4.29. The van der Waals surface area contributed by atoms with Crippen LogP contribution in [0.25, 0.3) is 0 Å². The smallest absolute Gasteiger partial charge is 0.266 e. The Morgan fingerprint density at radius 1 is 0.590 bits per heavy atom. The minimum absolute atomic E-state index is 0.249. The van der Waals surface area contributed by atoms with E-state index in [1.165, 1.54) is 89.9 Å². The van der Waals surface area contributed by atoms with E-state index >= 15 is 0 Å². The van der Waals surface area contributed by atoms with Gasteiger partial charge in [-0.2, -0.15) is 8.42 Å². The largest absolute Gasteiger partial charge is 0.391 e. The maximum Gasteiger partial charge on any atom is 0.266 e. The van der Waals surface area contributed by atoms with Crippen LogP contribution in [-0.4, -0.2) is 41.9 Å². The van der Waals surface area contributed by atoms with Gasteiger partial charge in [-0.05, 0) is 24.7 Å². The topological polar surface area (TPSA) is 104 Å². The lowest BCUT2D eigenvalue weighted by Gasteiger charge is -2.23. The molecule has 2 atom stereocenters. The second-order valence-electron chi connectivity index (χ2n) is 12.8. The van der Waals surface area contributed by atoms with Gasteiger partial charge in [-0.3, -0.25) is 9.35 Å². The van der Waals surface area contributed by atoms with Crippen molar-refractivity contribution in [3.63, 3.8) is 0 Å². The van der Waals surface area contributed by atoms with Crippen molar-refractivity contribution in [2.45, 2.75) is 181 Å². The van der Waals surface area contributed by atoms with Gasteiger partial charge in [-0.1, -0.05) is 150 Å². The van der Waals surface area contributed by atoms with Gasteiger partial charge in [0.15, 0.2) is 0 Å². The summed E-state index contributed by atoms with van der Waals surface area (Å²) < 4.78 is 32.3. The van der Waals surface area contributed by atoms with Crippen LogP contribution in [0.15, 0.2) is 0 Å². The Morgan fingerprint density at radius 3 is 1.28 bits per heavy atom. The third kappa shape index (κ3) is 28.7. The number of carbonyl (C=O) groups is 1. The molecule has 0 saturated heterocycles. The molecule has 0 aliphatic carbocycles. The summed E-state index contributed by atoms with van der Waals surface area (Å²) in [6.45, 7) is 9.10. The van der Waals surface area contributed by atoms with Gasteiger partial charge in [0.2, 0.25) is 5.91 Å². The van der Waals surface area contributed by atoms with Gasteiger partial charge >= 0.3 is 0 Å². The average molecular weight is 576 g/mol. The zero-order valence-corrected chi connectivity index (χ0v) is 26.9. The molecule has 7 heteroatoms. The second-order valence-corrected chi connectivity index (χ2v) is 14.3. The highest BCUT2D eigenvalue weighted by atomic mass is 32.2. The van der Waals surface area contributed by atoms with Crippen molar-refractivity contribution in [3.8, 4) is 0 Å². The second kappa shape index (κ2) is 25.1. The Labute approximate surface area is 242 Å². The first-order valence-corrected chi connectivity index (χ1v) is 18.0. The van der Waals surface area contributed by atoms with Crippen LogP contribution >= 0.6 is 0 Å². The van der Waals surface area contributed by atoms with Crippen LogP contribution in [0.2, 0.25) is 0 Å². The summed E-state index contributed by atoms with van der Waals surface area (Å²) in [5.41, 5.74) is 0. The number of rotatable bonds is 28. The van der Waals surface area contributed by atoms with Crippen molar-refractivity contribution < 1.29 is 22.9 Å². The molecule has 3 N–H and O–H groups in total. The number of aliphatic hydroxyl groups excluding tert-OH is 1. The zero-order chi connectivity index (χ0) is 29.4. The molecular weight excluding hydrogens is 510 g/mol. The Bertz CT molecular complexity index is 665. The van der Waals surface area contributed by atoms with Gasteiger partial charge in [-0.15, -0.1) is 0 Å². The first-order chi connectivity index (χ1) is 18.5. The van der Waals surface area contributed by atoms with Gasteiger partial charge in [0, 0.05) is 6.42 Å². The van der Waals surface area contributed by atoms with E-state index in [1.807, 2.05) is 0 Å². The summed E-state index contributed by atoms with van der Waals surface area (Å²) in [5.74, 6) is 0.701. The van der Waals surface area contributed by atoms with Crippen LogP contribution in [0.5, 0.6) is 0 Å². The van der Waals surface area contributed by atoms with Crippen LogP contribution in [-0.2, 0) is 14.9 Å². The molecule has 0 aromatic rings. The van der Waals surface area contributed by atoms with E-state index in [9.17, 15) is 22.9 Å². The lowest BCUT2D eigenvalue weighted by Crippen LogP contribution is -2.47. The van der Waals surface area contributed by atoms with Gasteiger partial charge in [0.25, 0.3) is 10.1 Å².